The van der Waals surface area contributed by atoms with Crippen LogP contribution in [-0.4, -0.2) is 15.7 Å². The van der Waals surface area contributed by atoms with Crippen molar-refractivity contribution in [3.8, 4) is 0 Å². The molecule has 134 valence electrons. The number of nitrogens with zero attached hydrogens (tertiary/aromatic N) is 2. The third-order valence-corrected chi connectivity index (χ3v) is 3.83. The Labute approximate surface area is 148 Å². The number of anilines is 1. The van der Waals surface area contributed by atoms with Crippen molar-refractivity contribution < 1.29 is 18.0 Å². The summed E-state index contributed by atoms with van der Waals surface area (Å²) in [6.07, 6.45) is -0.896. The van der Waals surface area contributed by atoms with Gasteiger partial charge in [0.05, 0.1) is 18.5 Å². The summed E-state index contributed by atoms with van der Waals surface area (Å²) in [4.78, 5) is 12.3. The molecule has 26 heavy (non-hydrogen) atoms. The van der Waals surface area contributed by atoms with Crippen LogP contribution in [0, 0.1) is 0 Å². The number of rotatable bonds is 5. The fraction of sp³-hybridized carbons (Fsp3) is 0.158. The van der Waals surface area contributed by atoms with Gasteiger partial charge in [-0.2, -0.15) is 18.3 Å². The van der Waals surface area contributed by atoms with E-state index in [9.17, 15) is 18.0 Å². The minimum absolute atomic E-state index is 0.00571. The van der Waals surface area contributed by atoms with Crippen LogP contribution in [-0.2, 0) is 23.9 Å². The normalized spacial score (nSPS) is 11.3. The number of carbonyl (C=O) groups is 1. The summed E-state index contributed by atoms with van der Waals surface area (Å²) < 4.78 is 39.5. The fourth-order valence-electron chi connectivity index (χ4n) is 2.54. The summed E-state index contributed by atoms with van der Waals surface area (Å²) in [5.41, 5.74) is 1.32. The van der Waals surface area contributed by atoms with E-state index in [1.807, 2.05) is 24.4 Å². The molecule has 0 aliphatic heterocycles. The molecule has 1 amide bonds. The van der Waals surface area contributed by atoms with Crippen molar-refractivity contribution in [1.82, 2.24) is 9.78 Å². The zero-order chi connectivity index (χ0) is 18.6. The maximum atomic E-state index is 12.6. The van der Waals surface area contributed by atoms with Crippen molar-refractivity contribution in [2.24, 2.45) is 0 Å². The zero-order valence-electron chi connectivity index (χ0n) is 13.7. The number of nitrogens with one attached hydrogen (secondary N) is 1. The minimum Gasteiger partial charge on any atom is -0.325 e. The molecule has 0 radical (unpaired) electrons. The minimum atomic E-state index is -4.38. The van der Waals surface area contributed by atoms with Crippen LogP contribution in [0.25, 0.3) is 0 Å². The van der Waals surface area contributed by atoms with E-state index in [4.69, 9.17) is 0 Å². The number of aromatic nitrogens is 2. The van der Waals surface area contributed by atoms with E-state index in [2.05, 4.69) is 10.4 Å². The van der Waals surface area contributed by atoms with Crippen molar-refractivity contribution in [2.45, 2.75) is 19.1 Å². The van der Waals surface area contributed by atoms with E-state index in [0.29, 0.717) is 17.8 Å². The monoisotopic (exact) mass is 359 g/mol. The summed E-state index contributed by atoms with van der Waals surface area (Å²) in [6, 6.07) is 13.7. The van der Waals surface area contributed by atoms with E-state index in [0.717, 1.165) is 17.7 Å². The Balaban J connectivity index is 1.67. The van der Waals surface area contributed by atoms with Crippen LogP contribution in [0.3, 0.4) is 0 Å². The largest absolute Gasteiger partial charge is 0.416 e. The van der Waals surface area contributed by atoms with Gasteiger partial charge in [0.2, 0.25) is 5.91 Å². The van der Waals surface area contributed by atoms with E-state index in [1.165, 1.54) is 12.1 Å². The predicted octanol–water partition coefficient (Wildman–Crippen LogP) is 4.13. The second-order valence-corrected chi connectivity index (χ2v) is 5.78. The van der Waals surface area contributed by atoms with Crippen LogP contribution in [0.5, 0.6) is 0 Å². The Bertz CT molecular complexity index is 872. The fourth-order valence-corrected chi connectivity index (χ4v) is 2.54. The highest BCUT2D eigenvalue weighted by molar-refractivity contribution is 5.93. The highest BCUT2D eigenvalue weighted by atomic mass is 19.4. The lowest BCUT2D eigenvalue weighted by Crippen LogP contribution is -2.16. The number of hydrogen-bond donors (Lipinski definition) is 1. The molecule has 0 aliphatic rings. The SMILES string of the molecule is O=C(Cc1ccc(C(F)(F)F)cc1)Nc1ccccc1Cn1cccn1. The number of carbonyl (C=O) groups excluding carboxylic acids is 1. The average molecular weight is 359 g/mol. The molecule has 0 saturated heterocycles. The summed E-state index contributed by atoms with van der Waals surface area (Å²) in [7, 11) is 0. The van der Waals surface area contributed by atoms with E-state index >= 15 is 0 Å². The molecule has 0 unspecified atom stereocenters. The Hall–Kier alpha value is -3.09. The molecule has 0 saturated carbocycles. The highest BCUT2D eigenvalue weighted by Gasteiger charge is 2.29. The lowest BCUT2D eigenvalue weighted by atomic mass is 10.1. The predicted molar refractivity (Wildman–Crippen MR) is 91.5 cm³/mol. The van der Waals surface area contributed by atoms with Crippen molar-refractivity contribution in [3.63, 3.8) is 0 Å². The molecule has 3 rings (SSSR count). The van der Waals surface area contributed by atoms with Crippen molar-refractivity contribution in [1.29, 1.82) is 0 Å². The Morgan fingerprint density at radius 3 is 2.42 bits per heavy atom. The third-order valence-electron chi connectivity index (χ3n) is 3.83. The average Bonchev–Trinajstić information content (AvgIpc) is 3.09. The van der Waals surface area contributed by atoms with Crippen molar-refractivity contribution in [2.75, 3.05) is 5.32 Å². The van der Waals surface area contributed by atoms with Gasteiger partial charge in [-0.3, -0.25) is 9.48 Å². The van der Waals surface area contributed by atoms with Crippen LogP contribution < -0.4 is 5.32 Å². The number of benzene rings is 2. The van der Waals surface area contributed by atoms with Gasteiger partial charge in [0.15, 0.2) is 0 Å². The van der Waals surface area contributed by atoms with Gasteiger partial charge in [-0.25, -0.2) is 0 Å². The van der Waals surface area contributed by atoms with Gasteiger partial charge in [-0.05, 0) is 35.4 Å². The first-order chi connectivity index (χ1) is 12.4. The Morgan fingerprint density at radius 1 is 1.04 bits per heavy atom. The first kappa shape index (κ1) is 17.7. The molecule has 1 N–H and O–H groups in total. The number of para-hydroxylation sites is 1. The Morgan fingerprint density at radius 2 is 1.77 bits per heavy atom. The van der Waals surface area contributed by atoms with Gasteiger partial charge in [0.1, 0.15) is 0 Å². The zero-order valence-corrected chi connectivity index (χ0v) is 13.7. The van der Waals surface area contributed by atoms with Gasteiger partial charge in [-0.1, -0.05) is 30.3 Å². The molecule has 7 heteroatoms. The molecule has 0 bridgehead atoms. The van der Waals surface area contributed by atoms with Crippen molar-refractivity contribution in [3.05, 3.63) is 83.7 Å². The van der Waals surface area contributed by atoms with Gasteiger partial charge in [0, 0.05) is 18.1 Å². The van der Waals surface area contributed by atoms with Crippen LogP contribution >= 0.6 is 0 Å². The molecule has 1 heterocycles. The van der Waals surface area contributed by atoms with E-state index in [1.54, 1.807) is 23.0 Å². The number of alkyl halides is 3. The highest BCUT2D eigenvalue weighted by Crippen LogP contribution is 2.29. The molecule has 0 fully saturated rings. The van der Waals surface area contributed by atoms with E-state index in [-0.39, 0.29) is 12.3 Å². The number of hydrogen-bond acceptors (Lipinski definition) is 2. The number of halogens is 3. The second kappa shape index (κ2) is 7.43. The first-order valence-electron chi connectivity index (χ1n) is 7.93. The summed E-state index contributed by atoms with van der Waals surface area (Å²) >= 11 is 0. The molecule has 3 aromatic rings. The van der Waals surface area contributed by atoms with Gasteiger partial charge in [-0.15, -0.1) is 0 Å². The van der Waals surface area contributed by atoms with Gasteiger partial charge in [0.25, 0.3) is 0 Å². The molecule has 0 aliphatic carbocycles. The molecule has 2 aromatic carbocycles. The molecule has 4 nitrogen and oxygen atoms in total. The standard InChI is InChI=1S/C19H16F3N3O/c20-19(21,22)16-8-6-14(7-9-16)12-18(26)24-17-5-2-1-4-15(17)13-25-11-3-10-23-25/h1-11H,12-13H2,(H,24,26). The first-order valence-corrected chi connectivity index (χ1v) is 7.93. The molecule has 0 atom stereocenters. The van der Waals surface area contributed by atoms with Gasteiger partial charge >= 0.3 is 6.18 Å². The van der Waals surface area contributed by atoms with Crippen LogP contribution in [0.2, 0.25) is 0 Å². The molecule has 1 aromatic heterocycles. The summed E-state index contributed by atoms with van der Waals surface area (Å²) in [5.74, 6) is -0.294. The smallest absolute Gasteiger partial charge is 0.325 e. The summed E-state index contributed by atoms with van der Waals surface area (Å²) in [6.45, 7) is 0.504. The van der Waals surface area contributed by atoms with Crippen molar-refractivity contribution >= 4 is 11.6 Å². The van der Waals surface area contributed by atoms with Gasteiger partial charge < -0.3 is 5.32 Å². The third kappa shape index (κ3) is 4.50. The lowest BCUT2D eigenvalue weighted by Gasteiger charge is -2.12. The quantitative estimate of drug-likeness (QED) is 0.745. The lowest BCUT2D eigenvalue weighted by molar-refractivity contribution is -0.137. The second-order valence-electron chi connectivity index (χ2n) is 5.78. The Kier molecular flexibility index (Phi) is 5.06. The molecular formula is C19H16F3N3O. The van der Waals surface area contributed by atoms with Crippen LogP contribution in [0.4, 0.5) is 18.9 Å². The maximum absolute atomic E-state index is 12.6. The molecule has 0 spiro atoms. The van der Waals surface area contributed by atoms with Crippen LogP contribution in [0.15, 0.2) is 67.0 Å². The van der Waals surface area contributed by atoms with E-state index < -0.39 is 11.7 Å². The van der Waals surface area contributed by atoms with Crippen LogP contribution in [0.1, 0.15) is 16.7 Å². The topological polar surface area (TPSA) is 46.9 Å². The summed E-state index contributed by atoms with van der Waals surface area (Å²) in [5, 5.41) is 6.95. The number of amides is 1. The molecular weight excluding hydrogens is 343 g/mol. The maximum Gasteiger partial charge on any atom is 0.416 e.